The molecule has 0 saturated heterocycles. The highest BCUT2D eigenvalue weighted by atomic mass is 19.3. The van der Waals surface area contributed by atoms with Crippen molar-refractivity contribution in [1.82, 2.24) is 0 Å². The third kappa shape index (κ3) is 2.54. The summed E-state index contributed by atoms with van der Waals surface area (Å²) in [5.41, 5.74) is 7.49. The molecule has 3 nitrogen and oxygen atoms in total. The summed E-state index contributed by atoms with van der Waals surface area (Å²) in [6, 6.07) is 0. The molecule has 0 aliphatic carbocycles. The summed E-state index contributed by atoms with van der Waals surface area (Å²) in [5.74, 6) is -4.20. The smallest absolute Gasteiger partial charge is 0.204 e. The standard InChI is InChI=1S/C3H3F4N3/c4-2(5)3(6,7)1-9-10-8/h2H,1H2. The Bertz CT molecular complexity index is 150. The van der Waals surface area contributed by atoms with E-state index in [0.717, 1.165) is 0 Å². The van der Waals surface area contributed by atoms with Crippen molar-refractivity contribution in [2.24, 2.45) is 5.11 Å². The van der Waals surface area contributed by atoms with Gasteiger partial charge in [0, 0.05) is 4.91 Å². The second-order valence-electron chi connectivity index (χ2n) is 1.45. The lowest BCUT2D eigenvalue weighted by atomic mass is 10.4. The highest BCUT2D eigenvalue weighted by molar-refractivity contribution is 4.71. The first-order chi connectivity index (χ1) is 4.50. The van der Waals surface area contributed by atoms with Gasteiger partial charge >= 0.3 is 12.3 Å². The Balaban J connectivity index is 3.98. The number of rotatable bonds is 3. The van der Waals surface area contributed by atoms with Crippen LogP contribution in [-0.2, 0) is 0 Å². The van der Waals surface area contributed by atoms with Crippen LogP contribution in [0.4, 0.5) is 17.6 Å². The molecule has 0 aliphatic heterocycles. The minimum Gasteiger partial charge on any atom is -0.204 e. The average Bonchev–Trinajstić information content (AvgIpc) is 1.84. The largest absolute Gasteiger partial charge is 0.313 e. The van der Waals surface area contributed by atoms with Gasteiger partial charge in [0.05, 0.1) is 6.54 Å². The molecule has 0 aromatic rings. The molecule has 7 heteroatoms. The Labute approximate surface area is 53.3 Å². The van der Waals surface area contributed by atoms with Crippen molar-refractivity contribution in [3.63, 3.8) is 0 Å². The summed E-state index contributed by atoms with van der Waals surface area (Å²) in [4.78, 5) is 1.91. The molecule has 0 N–H and O–H groups in total. The third-order valence-electron chi connectivity index (χ3n) is 0.664. The molecule has 0 aromatic heterocycles. The van der Waals surface area contributed by atoms with E-state index in [1.54, 1.807) is 0 Å². The van der Waals surface area contributed by atoms with E-state index in [-0.39, 0.29) is 0 Å². The summed E-state index contributed by atoms with van der Waals surface area (Å²) in [6.45, 7) is -1.50. The molecule has 58 valence electrons. The zero-order chi connectivity index (χ0) is 8.20. The predicted octanol–water partition coefficient (Wildman–Crippen LogP) is 2.20. The van der Waals surface area contributed by atoms with Gasteiger partial charge in [-0.15, -0.1) is 0 Å². The lowest BCUT2D eigenvalue weighted by Crippen LogP contribution is -2.29. The highest BCUT2D eigenvalue weighted by Gasteiger charge is 2.39. The SMILES string of the molecule is [N-]=[N+]=NCC(F)(F)C(F)F. The van der Waals surface area contributed by atoms with Gasteiger partial charge < -0.3 is 0 Å². The summed E-state index contributed by atoms with van der Waals surface area (Å²) in [7, 11) is 0. The van der Waals surface area contributed by atoms with Gasteiger partial charge in [-0.25, -0.2) is 17.6 Å². The topological polar surface area (TPSA) is 48.8 Å². The van der Waals surface area contributed by atoms with Crippen LogP contribution in [-0.4, -0.2) is 18.9 Å². The van der Waals surface area contributed by atoms with Crippen molar-refractivity contribution < 1.29 is 17.6 Å². The minimum atomic E-state index is -4.20. The van der Waals surface area contributed by atoms with E-state index < -0.39 is 18.9 Å². The monoisotopic (exact) mass is 157 g/mol. The maximum atomic E-state index is 11.7. The van der Waals surface area contributed by atoms with Crippen LogP contribution in [0.5, 0.6) is 0 Å². The number of nitrogens with zero attached hydrogens (tertiary/aromatic N) is 3. The van der Waals surface area contributed by atoms with Gasteiger partial charge in [0.25, 0.3) is 0 Å². The number of halogens is 4. The van der Waals surface area contributed by atoms with E-state index in [1.165, 1.54) is 0 Å². The van der Waals surface area contributed by atoms with Crippen LogP contribution in [0.3, 0.4) is 0 Å². The van der Waals surface area contributed by atoms with Gasteiger partial charge in [0.15, 0.2) is 0 Å². The molecule has 0 bridgehead atoms. The van der Waals surface area contributed by atoms with E-state index in [1.807, 2.05) is 4.91 Å². The first kappa shape index (κ1) is 9.03. The highest BCUT2D eigenvalue weighted by Crippen LogP contribution is 2.22. The van der Waals surface area contributed by atoms with Crippen LogP contribution in [0.1, 0.15) is 0 Å². The van der Waals surface area contributed by atoms with Gasteiger partial charge in [-0.05, 0) is 5.53 Å². The van der Waals surface area contributed by atoms with Crippen LogP contribution in [0.15, 0.2) is 5.11 Å². The van der Waals surface area contributed by atoms with Crippen molar-refractivity contribution in [3.05, 3.63) is 10.4 Å². The van der Waals surface area contributed by atoms with Crippen molar-refractivity contribution in [2.45, 2.75) is 12.3 Å². The summed E-state index contributed by atoms with van der Waals surface area (Å²) in [6.07, 6.45) is -3.78. The second-order valence-corrected chi connectivity index (χ2v) is 1.45. The fourth-order valence-electron chi connectivity index (χ4n) is 0.195. The average molecular weight is 157 g/mol. The molecule has 0 aliphatic rings. The zero-order valence-electron chi connectivity index (χ0n) is 4.64. The van der Waals surface area contributed by atoms with E-state index in [0.29, 0.717) is 0 Å². The third-order valence-corrected chi connectivity index (χ3v) is 0.664. The fourth-order valence-corrected chi connectivity index (χ4v) is 0.195. The zero-order valence-corrected chi connectivity index (χ0v) is 4.64. The molecule has 0 atom stereocenters. The molecule has 0 fully saturated rings. The molecule has 0 spiro atoms. The quantitative estimate of drug-likeness (QED) is 0.261. The lowest BCUT2D eigenvalue weighted by Gasteiger charge is -2.10. The normalized spacial score (nSPS) is 11.3. The van der Waals surface area contributed by atoms with Crippen LogP contribution < -0.4 is 0 Å². The Kier molecular flexibility index (Phi) is 2.95. The first-order valence-electron chi connectivity index (χ1n) is 2.17. The van der Waals surface area contributed by atoms with Gasteiger partial charge in [0.2, 0.25) is 0 Å². The molecule has 0 amide bonds. The molecule has 10 heavy (non-hydrogen) atoms. The molecule has 0 heterocycles. The van der Waals surface area contributed by atoms with Crippen LogP contribution in [0, 0.1) is 0 Å². The molecule has 0 radical (unpaired) electrons. The molecular formula is C3H3F4N3. The van der Waals surface area contributed by atoms with E-state index in [9.17, 15) is 17.6 Å². The van der Waals surface area contributed by atoms with Gasteiger partial charge in [-0.2, -0.15) is 0 Å². The number of azide groups is 1. The Hall–Kier alpha value is -0.970. The number of hydrogen-bond donors (Lipinski definition) is 0. The summed E-state index contributed by atoms with van der Waals surface area (Å²) < 4.78 is 45.8. The molecule has 0 saturated carbocycles. The van der Waals surface area contributed by atoms with Crippen molar-refractivity contribution in [2.75, 3.05) is 6.54 Å². The Morgan fingerprint density at radius 3 is 2.30 bits per heavy atom. The van der Waals surface area contributed by atoms with Gasteiger partial charge in [0.1, 0.15) is 0 Å². The van der Waals surface area contributed by atoms with Crippen molar-refractivity contribution >= 4 is 0 Å². The van der Waals surface area contributed by atoms with Crippen molar-refractivity contribution in [3.8, 4) is 0 Å². The Morgan fingerprint density at radius 1 is 1.50 bits per heavy atom. The van der Waals surface area contributed by atoms with Crippen LogP contribution in [0.2, 0.25) is 0 Å². The van der Waals surface area contributed by atoms with Gasteiger partial charge in [-0.1, -0.05) is 5.11 Å². The van der Waals surface area contributed by atoms with E-state index >= 15 is 0 Å². The molecule has 0 aromatic carbocycles. The fraction of sp³-hybridized carbons (Fsp3) is 1.00. The lowest BCUT2D eigenvalue weighted by molar-refractivity contribution is -0.120. The molecular weight excluding hydrogens is 154 g/mol. The first-order valence-corrected chi connectivity index (χ1v) is 2.17. The van der Waals surface area contributed by atoms with E-state index in [2.05, 4.69) is 5.11 Å². The summed E-state index contributed by atoms with van der Waals surface area (Å²) >= 11 is 0. The molecule has 0 unspecified atom stereocenters. The van der Waals surface area contributed by atoms with Crippen LogP contribution >= 0.6 is 0 Å². The number of alkyl halides is 4. The second kappa shape index (κ2) is 3.26. The number of hydrogen-bond acceptors (Lipinski definition) is 1. The minimum absolute atomic E-state index is 1.50. The van der Waals surface area contributed by atoms with Crippen LogP contribution in [0.25, 0.3) is 10.4 Å². The summed E-state index contributed by atoms with van der Waals surface area (Å²) in [5, 5.41) is 2.32. The van der Waals surface area contributed by atoms with Gasteiger partial charge in [-0.3, -0.25) is 0 Å². The Morgan fingerprint density at radius 2 is 2.00 bits per heavy atom. The maximum Gasteiger partial charge on any atom is 0.313 e. The predicted molar refractivity (Wildman–Crippen MR) is 25.0 cm³/mol. The van der Waals surface area contributed by atoms with Crippen molar-refractivity contribution in [1.29, 1.82) is 0 Å². The van der Waals surface area contributed by atoms with E-state index in [4.69, 9.17) is 5.53 Å². The molecule has 0 rings (SSSR count). The maximum absolute atomic E-state index is 11.7.